The van der Waals surface area contributed by atoms with E-state index in [0.717, 1.165) is 32.1 Å². The minimum atomic E-state index is -0.316. The number of carbonyl (C=O) groups excluding carboxylic acids is 2. The molecule has 0 aromatic heterocycles. The maximum atomic E-state index is 12.1. The third kappa shape index (κ3) is 4.72. The van der Waals surface area contributed by atoms with Crippen molar-refractivity contribution < 1.29 is 14.3 Å². The highest BCUT2D eigenvalue weighted by molar-refractivity contribution is 5.94. The molecule has 0 bridgehead atoms. The number of hydrogen-bond donors (Lipinski definition) is 1. The predicted molar refractivity (Wildman–Crippen MR) is 86.7 cm³/mol. The number of allylic oxidation sites excluding steroid dienone is 2. The van der Waals surface area contributed by atoms with Gasteiger partial charge in [0.25, 0.3) is 0 Å². The van der Waals surface area contributed by atoms with Crippen molar-refractivity contribution in [3.05, 3.63) is 42.0 Å². The van der Waals surface area contributed by atoms with Crippen molar-refractivity contribution in [1.29, 1.82) is 0 Å². The van der Waals surface area contributed by atoms with Crippen LogP contribution >= 0.6 is 0 Å². The molecule has 1 aliphatic rings. The Kier molecular flexibility index (Phi) is 6.19. The van der Waals surface area contributed by atoms with Crippen LogP contribution in [0.3, 0.4) is 0 Å². The van der Waals surface area contributed by atoms with Crippen molar-refractivity contribution in [1.82, 2.24) is 0 Å². The molecule has 1 aromatic rings. The molecule has 0 aliphatic heterocycles. The number of ether oxygens (including phenoxy) is 1. The van der Waals surface area contributed by atoms with Gasteiger partial charge in [0, 0.05) is 11.6 Å². The van der Waals surface area contributed by atoms with Gasteiger partial charge in [-0.1, -0.05) is 25.5 Å². The predicted octanol–water partition coefficient (Wildman–Crippen LogP) is 3.94. The van der Waals surface area contributed by atoms with E-state index in [0.29, 0.717) is 17.9 Å². The van der Waals surface area contributed by atoms with Crippen LogP contribution < -0.4 is 5.32 Å². The van der Waals surface area contributed by atoms with Crippen LogP contribution in [-0.2, 0) is 9.53 Å². The first-order valence-corrected chi connectivity index (χ1v) is 7.93. The molecule has 0 saturated carbocycles. The number of unbranched alkanes of at least 4 members (excludes halogenated alkanes) is 1. The summed E-state index contributed by atoms with van der Waals surface area (Å²) in [5.41, 5.74) is 1.22. The zero-order valence-corrected chi connectivity index (χ0v) is 13.0. The summed E-state index contributed by atoms with van der Waals surface area (Å²) in [5, 5.41) is 2.91. The van der Waals surface area contributed by atoms with Crippen molar-refractivity contribution >= 4 is 17.6 Å². The molecule has 118 valence electrons. The number of carbonyl (C=O) groups is 2. The van der Waals surface area contributed by atoms with Crippen LogP contribution in [0.15, 0.2) is 36.4 Å². The summed E-state index contributed by atoms with van der Waals surface area (Å²) in [7, 11) is 0. The summed E-state index contributed by atoms with van der Waals surface area (Å²) in [4.78, 5) is 23.9. The van der Waals surface area contributed by atoms with E-state index in [1.165, 1.54) is 0 Å². The van der Waals surface area contributed by atoms with Crippen LogP contribution in [0.25, 0.3) is 0 Å². The van der Waals surface area contributed by atoms with E-state index in [1.54, 1.807) is 24.3 Å². The average molecular weight is 301 g/mol. The molecule has 0 saturated heterocycles. The number of esters is 1. The first kappa shape index (κ1) is 16.3. The Bertz CT molecular complexity index is 534. The third-order valence-electron chi connectivity index (χ3n) is 3.76. The molecule has 1 aromatic carbocycles. The van der Waals surface area contributed by atoms with Crippen molar-refractivity contribution in [2.24, 2.45) is 5.92 Å². The van der Waals surface area contributed by atoms with Gasteiger partial charge in [0.15, 0.2) is 0 Å². The molecular weight excluding hydrogens is 278 g/mol. The highest BCUT2D eigenvalue weighted by Crippen LogP contribution is 2.20. The zero-order valence-electron chi connectivity index (χ0n) is 13.0. The fourth-order valence-electron chi connectivity index (χ4n) is 2.36. The average Bonchev–Trinajstić information content (AvgIpc) is 2.56. The molecular formula is C18H23NO3. The van der Waals surface area contributed by atoms with E-state index in [9.17, 15) is 9.59 Å². The maximum absolute atomic E-state index is 12.1. The lowest BCUT2D eigenvalue weighted by Gasteiger charge is -2.17. The number of benzene rings is 1. The van der Waals surface area contributed by atoms with Gasteiger partial charge in [0.1, 0.15) is 0 Å². The molecule has 4 nitrogen and oxygen atoms in total. The summed E-state index contributed by atoms with van der Waals surface area (Å²) in [6, 6.07) is 6.86. The lowest BCUT2D eigenvalue weighted by molar-refractivity contribution is -0.120. The molecule has 4 heteroatoms. The Morgan fingerprint density at radius 1 is 1.23 bits per heavy atom. The maximum Gasteiger partial charge on any atom is 0.338 e. The van der Waals surface area contributed by atoms with Gasteiger partial charge in [0.2, 0.25) is 5.91 Å². The Morgan fingerprint density at radius 2 is 2.00 bits per heavy atom. The molecule has 1 amide bonds. The van der Waals surface area contributed by atoms with Gasteiger partial charge in [-0.2, -0.15) is 0 Å². The normalized spacial score (nSPS) is 17.0. The van der Waals surface area contributed by atoms with Gasteiger partial charge in [-0.25, -0.2) is 4.79 Å². The van der Waals surface area contributed by atoms with E-state index >= 15 is 0 Å². The minimum Gasteiger partial charge on any atom is -0.462 e. The zero-order chi connectivity index (χ0) is 15.8. The SMILES string of the molecule is CCCCOC(=O)c1ccc(NC(=O)C2CC=CCC2)cc1. The van der Waals surface area contributed by atoms with E-state index in [2.05, 4.69) is 17.5 Å². The molecule has 2 rings (SSSR count). The molecule has 1 unspecified atom stereocenters. The molecule has 1 atom stereocenters. The van der Waals surface area contributed by atoms with E-state index in [4.69, 9.17) is 4.74 Å². The number of rotatable bonds is 6. The van der Waals surface area contributed by atoms with Gasteiger partial charge in [-0.15, -0.1) is 0 Å². The largest absolute Gasteiger partial charge is 0.462 e. The molecule has 0 radical (unpaired) electrons. The quantitative estimate of drug-likeness (QED) is 0.492. The first-order chi connectivity index (χ1) is 10.7. The van der Waals surface area contributed by atoms with Crippen LogP contribution in [0.1, 0.15) is 49.4 Å². The fourth-order valence-corrected chi connectivity index (χ4v) is 2.36. The topological polar surface area (TPSA) is 55.4 Å². The van der Waals surface area contributed by atoms with Crippen LogP contribution in [-0.4, -0.2) is 18.5 Å². The van der Waals surface area contributed by atoms with Crippen LogP contribution in [0.5, 0.6) is 0 Å². The number of anilines is 1. The molecule has 0 heterocycles. The van der Waals surface area contributed by atoms with Gasteiger partial charge in [-0.3, -0.25) is 4.79 Å². The highest BCUT2D eigenvalue weighted by Gasteiger charge is 2.18. The monoisotopic (exact) mass is 301 g/mol. The van der Waals surface area contributed by atoms with Crippen molar-refractivity contribution in [3.8, 4) is 0 Å². The number of amides is 1. The lowest BCUT2D eigenvalue weighted by Crippen LogP contribution is -2.23. The fraction of sp³-hybridized carbons (Fsp3) is 0.444. The van der Waals surface area contributed by atoms with Crippen molar-refractivity contribution in [2.45, 2.75) is 39.0 Å². The minimum absolute atomic E-state index is 0.0441. The second-order valence-electron chi connectivity index (χ2n) is 5.54. The van der Waals surface area contributed by atoms with E-state index in [-0.39, 0.29) is 17.8 Å². The second kappa shape index (κ2) is 8.37. The Labute approximate surface area is 131 Å². The summed E-state index contributed by atoms with van der Waals surface area (Å²) < 4.78 is 5.15. The van der Waals surface area contributed by atoms with Gasteiger partial charge >= 0.3 is 5.97 Å². The Hall–Kier alpha value is -2.10. The molecule has 0 spiro atoms. The van der Waals surface area contributed by atoms with Crippen LogP contribution in [0.4, 0.5) is 5.69 Å². The second-order valence-corrected chi connectivity index (χ2v) is 5.54. The molecule has 1 N–H and O–H groups in total. The molecule has 1 aliphatic carbocycles. The van der Waals surface area contributed by atoms with E-state index in [1.807, 2.05) is 6.92 Å². The third-order valence-corrected chi connectivity index (χ3v) is 3.76. The smallest absolute Gasteiger partial charge is 0.338 e. The summed E-state index contributed by atoms with van der Waals surface area (Å²) >= 11 is 0. The van der Waals surface area contributed by atoms with Gasteiger partial charge in [-0.05, 0) is 49.9 Å². The molecule has 22 heavy (non-hydrogen) atoms. The summed E-state index contributed by atoms with van der Waals surface area (Å²) in [6.07, 6.45) is 8.69. The number of nitrogens with one attached hydrogen (secondary N) is 1. The van der Waals surface area contributed by atoms with Crippen LogP contribution in [0.2, 0.25) is 0 Å². The van der Waals surface area contributed by atoms with Gasteiger partial charge < -0.3 is 10.1 Å². The Balaban J connectivity index is 1.87. The molecule has 0 fully saturated rings. The summed E-state index contributed by atoms with van der Waals surface area (Å²) in [5.74, 6) is -0.227. The van der Waals surface area contributed by atoms with E-state index < -0.39 is 0 Å². The van der Waals surface area contributed by atoms with Crippen LogP contribution in [0, 0.1) is 5.92 Å². The summed E-state index contributed by atoms with van der Waals surface area (Å²) in [6.45, 7) is 2.50. The Morgan fingerprint density at radius 3 is 2.64 bits per heavy atom. The number of hydrogen-bond acceptors (Lipinski definition) is 3. The first-order valence-electron chi connectivity index (χ1n) is 7.93. The van der Waals surface area contributed by atoms with Crippen molar-refractivity contribution in [3.63, 3.8) is 0 Å². The lowest BCUT2D eigenvalue weighted by atomic mass is 9.93. The van der Waals surface area contributed by atoms with Gasteiger partial charge in [0.05, 0.1) is 12.2 Å². The van der Waals surface area contributed by atoms with Crippen molar-refractivity contribution in [2.75, 3.05) is 11.9 Å². The highest BCUT2D eigenvalue weighted by atomic mass is 16.5. The standard InChI is InChI=1S/C18H23NO3/c1-2-3-13-22-18(21)15-9-11-16(12-10-15)19-17(20)14-7-5-4-6-8-14/h4-5,9-12,14H,2-3,6-8,13H2,1H3,(H,19,20).